The average molecular weight is 359 g/mol. The number of carbonyl (C=O) groups is 1. The van der Waals surface area contributed by atoms with Gasteiger partial charge in [-0.3, -0.25) is 9.78 Å². The molecule has 3 aromatic heterocycles. The number of pyridine rings is 1. The number of carbonyl (C=O) groups excluding carboxylic acids is 1. The molecular weight excluding hydrogens is 342 g/mol. The van der Waals surface area contributed by atoms with E-state index in [2.05, 4.69) is 30.6 Å². The Morgan fingerprint density at radius 3 is 2.88 bits per heavy atom. The molecule has 25 heavy (non-hydrogen) atoms. The molecule has 0 aliphatic carbocycles. The van der Waals surface area contributed by atoms with Crippen molar-refractivity contribution in [2.75, 3.05) is 5.73 Å². The summed E-state index contributed by atoms with van der Waals surface area (Å²) in [5.74, 6) is 0.948. The molecule has 3 heterocycles. The van der Waals surface area contributed by atoms with Gasteiger partial charge in [0.15, 0.2) is 0 Å². The summed E-state index contributed by atoms with van der Waals surface area (Å²) < 4.78 is 5.21. The number of aryl methyl sites for hydroxylation is 1. The van der Waals surface area contributed by atoms with Crippen LogP contribution in [0.1, 0.15) is 36.7 Å². The number of hydrogen-bond donors (Lipinski definition) is 2. The fraction of sp³-hybridized carbons (Fsp3) is 0.333. The molecule has 0 saturated heterocycles. The fourth-order valence-electron chi connectivity index (χ4n) is 2.17. The molecule has 10 heteroatoms. The van der Waals surface area contributed by atoms with Gasteiger partial charge in [0.2, 0.25) is 22.8 Å². The van der Waals surface area contributed by atoms with Crippen LogP contribution < -0.4 is 11.1 Å². The molecule has 1 atom stereocenters. The summed E-state index contributed by atoms with van der Waals surface area (Å²) in [6.45, 7) is 1.84. The van der Waals surface area contributed by atoms with Crippen molar-refractivity contribution in [1.29, 1.82) is 0 Å². The Morgan fingerprint density at radius 2 is 2.16 bits per heavy atom. The van der Waals surface area contributed by atoms with Crippen LogP contribution in [0.3, 0.4) is 0 Å². The lowest BCUT2D eigenvalue weighted by atomic mass is 10.2. The second kappa shape index (κ2) is 7.79. The molecule has 0 bridgehead atoms. The van der Waals surface area contributed by atoms with Gasteiger partial charge in [-0.05, 0) is 25.5 Å². The van der Waals surface area contributed by atoms with E-state index < -0.39 is 0 Å². The highest BCUT2D eigenvalue weighted by molar-refractivity contribution is 7.15. The lowest BCUT2D eigenvalue weighted by Gasteiger charge is -2.09. The first-order chi connectivity index (χ1) is 12.1. The van der Waals surface area contributed by atoms with Gasteiger partial charge < -0.3 is 15.6 Å². The van der Waals surface area contributed by atoms with Gasteiger partial charge in [0.25, 0.3) is 0 Å². The second-order valence-electron chi connectivity index (χ2n) is 5.37. The van der Waals surface area contributed by atoms with Crippen LogP contribution in [0.4, 0.5) is 5.13 Å². The molecule has 0 spiro atoms. The molecule has 9 nitrogen and oxygen atoms in total. The number of rotatable bonds is 7. The monoisotopic (exact) mass is 359 g/mol. The van der Waals surface area contributed by atoms with Crippen molar-refractivity contribution < 1.29 is 9.32 Å². The van der Waals surface area contributed by atoms with Crippen LogP contribution in [-0.4, -0.2) is 31.2 Å². The molecule has 0 saturated carbocycles. The van der Waals surface area contributed by atoms with Gasteiger partial charge >= 0.3 is 0 Å². The standard InChI is InChI=1S/C15H17N7O2S/c1-9(14-20-21-15(16)25-14)18-11(23)3-2-4-12-19-13(22-24-12)10-5-7-17-8-6-10/h5-9H,2-4H2,1H3,(H2,16,21)(H,18,23)/t9-/m0/s1. The van der Waals surface area contributed by atoms with E-state index in [1.54, 1.807) is 12.4 Å². The van der Waals surface area contributed by atoms with Gasteiger partial charge in [0.05, 0.1) is 6.04 Å². The highest BCUT2D eigenvalue weighted by atomic mass is 32.1. The minimum Gasteiger partial charge on any atom is -0.374 e. The van der Waals surface area contributed by atoms with E-state index in [9.17, 15) is 4.79 Å². The Morgan fingerprint density at radius 1 is 1.36 bits per heavy atom. The Labute approximate surface area is 147 Å². The van der Waals surface area contributed by atoms with E-state index in [0.717, 1.165) is 5.56 Å². The smallest absolute Gasteiger partial charge is 0.226 e. The summed E-state index contributed by atoms with van der Waals surface area (Å²) in [6.07, 6.45) is 4.83. The summed E-state index contributed by atoms with van der Waals surface area (Å²) in [5, 5.41) is 15.5. The average Bonchev–Trinajstić information content (AvgIpc) is 3.25. The minimum absolute atomic E-state index is 0.0739. The molecule has 3 aromatic rings. The second-order valence-corrected chi connectivity index (χ2v) is 6.41. The van der Waals surface area contributed by atoms with Crippen molar-refractivity contribution in [3.8, 4) is 11.4 Å². The van der Waals surface area contributed by atoms with E-state index >= 15 is 0 Å². The zero-order valence-electron chi connectivity index (χ0n) is 13.5. The third kappa shape index (κ3) is 4.57. The van der Waals surface area contributed by atoms with Gasteiger partial charge in [0, 0.05) is 30.8 Å². The van der Waals surface area contributed by atoms with Crippen molar-refractivity contribution in [3.05, 3.63) is 35.4 Å². The number of hydrogen-bond acceptors (Lipinski definition) is 9. The molecule has 0 aromatic carbocycles. The lowest BCUT2D eigenvalue weighted by Crippen LogP contribution is -2.26. The molecule has 3 N–H and O–H groups in total. The zero-order valence-corrected chi connectivity index (χ0v) is 14.4. The third-order valence-corrected chi connectivity index (χ3v) is 4.34. The van der Waals surface area contributed by atoms with Crippen molar-refractivity contribution in [2.45, 2.75) is 32.2 Å². The van der Waals surface area contributed by atoms with E-state index in [0.29, 0.717) is 41.1 Å². The number of aromatic nitrogens is 5. The van der Waals surface area contributed by atoms with Crippen LogP contribution in [-0.2, 0) is 11.2 Å². The van der Waals surface area contributed by atoms with E-state index in [1.807, 2.05) is 19.1 Å². The number of anilines is 1. The van der Waals surface area contributed by atoms with Crippen LogP contribution in [0.25, 0.3) is 11.4 Å². The minimum atomic E-state index is -0.219. The summed E-state index contributed by atoms with van der Waals surface area (Å²) in [6, 6.07) is 3.40. The van der Waals surface area contributed by atoms with Crippen molar-refractivity contribution in [1.82, 2.24) is 30.6 Å². The molecular formula is C15H17N7O2S. The van der Waals surface area contributed by atoms with Gasteiger partial charge in [-0.25, -0.2) is 0 Å². The first-order valence-corrected chi connectivity index (χ1v) is 8.54. The highest BCUT2D eigenvalue weighted by Crippen LogP contribution is 2.19. The van der Waals surface area contributed by atoms with Crippen LogP contribution >= 0.6 is 11.3 Å². The Kier molecular flexibility index (Phi) is 5.29. The van der Waals surface area contributed by atoms with E-state index in [-0.39, 0.29) is 11.9 Å². The first-order valence-electron chi connectivity index (χ1n) is 7.73. The number of nitrogens with one attached hydrogen (secondary N) is 1. The number of nitrogens with zero attached hydrogens (tertiary/aromatic N) is 5. The van der Waals surface area contributed by atoms with Crippen LogP contribution in [0.15, 0.2) is 29.0 Å². The molecule has 1 amide bonds. The van der Waals surface area contributed by atoms with Crippen molar-refractivity contribution >= 4 is 22.4 Å². The van der Waals surface area contributed by atoms with Gasteiger partial charge in [-0.15, -0.1) is 10.2 Å². The van der Waals surface area contributed by atoms with E-state index in [4.69, 9.17) is 10.3 Å². The van der Waals surface area contributed by atoms with Gasteiger partial charge in [0.1, 0.15) is 5.01 Å². The highest BCUT2D eigenvalue weighted by Gasteiger charge is 2.14. The van der Waals surface area contributed by atoms with Crippen LogP contribution in [0, 0.1) is 0 Å². The molecule has 0 aliphatic rings. The Balaban J connectivity index is 1.45. The van der Waals surface area contributed by atoms with Crippen molar-refractivity contribution in [2.24, 2.45) is 0 Å². The summed E-state index contributed by atoms with van der Waals surface area (Å²) in [4.78, 5) is 20.3. The topological polar surface area (TPSA) is 133 Å². The number of amides is 1. The molecule has 3 rings (SSSR count). The summed E-state index contributed by atoms with van der Waals surface area (Å²) >= 11 is 1.26. The molecule has 0 unspecified atom stereocenters. The maximum absolute atomic E-state index is 12.0. The lowest BCUT2D eigenvalue weighted by molar-refractivity contribution is -0.121. The predicted molar refractivity (Wildman–Crippen MR) is 91.3 cm³/mol. The zero-order chi connectivity index (χ0) is 17.6. The maximum atomic E-state index is 12.0. The molecule has 0 radical (unpaired) electrons. The summed E-state index contributed by atoms with van der Waals surface area (Å²) in [7, 11) is 0. The van der Waals surface area contributed by atoms with Gasteiger partial charge in [-0.1, -0.05) is 16.5 Å². The van der Waals surface area contributed by atoms with Crippen LogP contribution in [0.2, 0.25) is 0 Å². The van der Waals surface area contributed by atoms with Crippen LogP contribution in [0.5, 0.6) is 0 Å². The first kappa shape index (κ1) is 17.0. The predicted octanol–water partition coefficient (Wildman–Crippen LogP) is 1.77. The number of nitrogen functional groups attached to an aromatic ring is 1. The van der Waals surface area contributed by atoms with Gasteiger partial charge in [-0.2, -0.15) is 4.98 Å². The fourth-order valence-corrected chi connectivity index (χ4v) is 2.78. The summed E-state index contributed by atoms with van der Waals surface area (Å²) in [5.41, 5.74) is 6.38. The third-order valence-electron chi connectivity index (χ3n) is 3.41. The number of nitrogens with two attached hydrogens (primary N) is 1. The van der Waals surface area contributed by atoms with E-state index in [1.165, 1.54) is 11.3 Å². The molecule has 130 valence electrons. The van der Waals surface area contributed by atoms with Crippen molar-refractivity contribution in [3.63, 3.8) is 0 Å². The Hall–Kier alpha value is -2.88. The Bertz CT molecular complexity index is 833. The molecule has 0 fully saturated rings. The largest absolute Gasteiger partial charge is 0.374 e. The SMILES string of the molecule is C[C@H](NC(=O)CCCc1nc(-c2ccncc2)no1)c1nnc(N)s1. The maximum Gasteiger partial charge on any atom is 0.226 e. The molecule has 0 aliphatic heterocycles. The quantitative estimate of drug-likeness (QED) is 0.652. The normalized spacial score (nSPS) is 12.0.